The van der Waals surface area contributed by atoms with E-state index < -0.39 is 11.6 Å². The van der Waals surface area contributed by atoms with Crippen LogP contribution in [-0.4, -0.2) is 25.6 Å². The molecule has 2 heterocycles. The third-order valence-electron chi connectivity index (χ3n) is 2.89. The fourth-order valence-electron chi connectivity index (χ4n) is 1.97. The van der Waals surface area contributed by atoms with E-state index >= 15 is 0 Å². The van der Waals surface area contributed by atoms with Crippen molar-refractivity contribution in [2.24, 2.45) is 0 Å². The quantitative estimate of drug-likeness (QED) is 0.516. The molecular formula is C13H7BrO4Se. The number of halogens is 1. The Kier molecular flexibility index (Phi) is 2.89. The second-order valence-corrected chi connectivity index (χ2v) is 7.45. The maximum atomic E-state index is 11.7. The van der Waals surface area contributed by atoms with E-state index in [2.05, 4.69) is 15.9 Å². The van der Waals surface area contributed by atoms with E-state index in [-0.39, 0.29) is 20.1 Å². The Morgan fingerprint density at radius 1 is 1.42 bits per heavy atom. The summed E-state index contributed by atoms with van der Waals surface area (Å²) in [5, 5.41) is 10.6. The molecule has 0 radical (unpaired) electrons. The summed E-state index contributed by atoms with van der Waals surface area (Å²) in [5.74, 6) is -1.27. The number of carbonyl (C=O) groups is 1. The molecule has 2 aromatic heterocycles. The van der Waals surface area contributed by atoms with Crippen molar-refractivity contribution in [3.05, 3.63) is 43.1 Å². The zero-order valence-electron chi connectivity index (χ0n) is 9.69. The molecule has 0 spiro atoms. The van der Waals surface area contributed by atoms with Crippen molar-refractivity contribution >= 4 is 57.0 Å². The number of carboxylic acids is 1. The van der Waals surface area contributed by atoms with Crippen molar-refractivity contribution in [3.63, 3.8) is 0 Å². The van der Waals surface area contributed by atoms with Crippen LogP contribution in [0.1, 0.15) is 14.8 Å². The van der Waals surface area contributed by atoms with Crippen LogP contribution in [0.25, 0.3) is 20.6 Å². The number of rotatable bonds is 1. The number of benzene rings is 1. The molecule has 3 aromatic rings. The summed E-state index contributed by atoms with van der Waals surface area (Å²) >= 11 is 3.62. The average Bonchev–Trinajstić information content (AvgIpc) is 2.65. The summed E-state index contributed by atoms with van der Waals surface area (Å²) in [5.41, 5.74) is -0.632. The molecule has 0 bridgehead atoms. The fraction of sp³-hybridized carbons (Fsp3) is 0.0769. The molecule has 0 aliphatic rings. The number of fused-ring (bicyclic) bond motifs is 3. The zero-order chi connectivity index (χ0) is 13.7. The summed E-state index contributed by atoms with van der Waals surface area (Å²) in [4.78, 5) is 22.6. The third-order valence-corrected chi connectivity index (χ3v) is 6.85. The second-order valence-electron chi connectivity index (χ2n) is 4.09. The second kappa shape index (κ2) is 4.34. The Hall–Kier alpha value is -1.36. The molecule has 96 valence electrons. The predicted molar refractivity (Wildman–Crippen MR) is 76.3 cm³/mol. The van der Waals surface area contributed by atoms with E-state index in [9.17, 15) is 9.59 Å². The molecule has 3 rings (SSSR count). The Balaban J connectivity index is 2.50. The monoisotopic (exact) mass is 386 g/mol. The van der Waals surface area contributed by atoms with Crippen LogP contribution in [-0.2, 0) is 0 Å². The van der Waals surface area contributed by atoms with Crippen LogP contribution in [0.15, 0.2) is 31.9 Å². The van der Waals surface area contributed by atoms with Crippen LogP contribution in [0.4, 0.5) is 0 Å². The van der Waals surface area contributed by atoms with E-state index in [0.717, 1.165) is 14.1 Å². The van der Waals surface area contributed by atoms with E-state index in [1.165, 1.54) is 10.5 Å². The SMILES string of the molecule is Cc1[se]c2c(ccc3cc(C(=O)O)c(=O)oc32)c1Br. The third kappa shape index (κ3) is 1.87. The van der Waals surface area contributed by atoms with Gasteiger partial charge in [0.25, 0.3) is 0 Å². The zero-order valence-corrected chi connectivity index (χ0v) is 13.0. The first-order valence-electron chi connectivity index (χ1n) is 5.38. The van der Waals surface area contributed by atoms with Gasteiger partial charge in [0.05, 0.1) is 0 Å². The number of carboxylic acid groups (broad SMARTS) is 1. The van der Waals surface area contributed by atoms with E-state index in [1.54, 1.807) is 6.07 Å². The van der Waals surface area contributed by atoms with Crippen molar-refractivity contribution in [2.75, 3.05) is 0 Å². The standard InChI is InChI=1S/C13H7BrO4Se/c1-5-9(14)7-3-2-6-4-8(12(15)16)13(17)18-10(6)11(7)19-5/h2-4H,1H3,(H,15,16). The average molecular weight is 386 g/mol. The van der Waals surface area contributed by atoms with Gasteiger partial charge in [-0.1, -0.05) is 0 Å². The first-order valence-corrected chi connectivity index (χ1v) is 7.88. The molecule has 19 heavy (non-hydrogen) atoms. The van der Waals surface area contributed by atoms with Crippen molar-refractivity contribution in [1.29, 1.82) is 0 Å². The molecule has 0 saturated carbocycles. The molecule has 0 fully saturated rings. The summed E-state index contributed by atoms with van der Waals surface area (Å²) in [6.45, 7) is 2.03. The molecule has 0 saturated heterocycles. The molecule has 0 unspecified atom stereocenters. The van der Waals surface area contributed by atoms with Gasteiger partial charge in [-0.15, -0.1) is 0 Å². The predicted octanol–water partition coefficient (Wildman–Crippen LogP) is 2.77. The summed E-state index contributed by atoms with van der Waals surface area (Å²) in [7, 11) is 0. The molecule has 0 amide bonds. The van der Waals surface area contributed by atoms with Gasteiger partial charge in [-0.2, -0.15) is 0 Å². The van der Waals surface area contributed by atoms with Gasteiger partial charge in [-0.25, -0.2) is 0 Å². The van der Waals surface area contributed by atoms with Gasteiger partial charge >= 0.3 is 121 Å². The summed E-state index contributed by atoms with van der Waals surface area (Å²) in [6.07, 6.45) is 0. The van der Waals surface area contributed by atoms with Crippen LogP contribution in [0.2, 0.25) is 0 Å². The van der Waals surface area contributed by atoms with Gasteiger partial charge in [0, 0.05) is 0 Å². The number of hydrogen-bond acceptors (Lipinski definition) is 3. The van der Waals surface area contributed by atoms with E-state index in [1.807, 2.05) is 13.0 Å². The maximum absolute atomic E-state index is 11.7. The summed E-state index contributed by atoms with van der Waals surface area (Å²) < 4.78 is 8.47. The van der Waals surface area contributed by atoms with E-state index in [0.29, 0.717) is 11.0 Å². The molecule has 4 nitrogen and oxygen atoms in total. The van der Waals surface area contributed by atoms with Crippen molar-refractivity contribution < 1.29 is 14.3 Å². The van der Waals surface area contributed by atoms with Crippen molar-refractivity contribution in [1.82, 2.24) is 0 Å². The molecule has 6 heteroatoms. The van der Waals surface area contributed by atoms with Crippen LogP contribution in [0.3, 0.4) is 0 Å². The Morgan fingerprint density at radius 2 is 2.16 bits per heavy atom. The van der Waals surface area contributed by atoms with Crippen LogP contribution >= 0.6 is 15.9 Å². The molecule has 1 N–H and O–H groups in total. The Bertz CT molecular complexity index is 891. The molecule has 0 aliphatic heterocycles. The fourth-order valence-corrected chi connectivity index (χ4v) is 5.19. The number of aromatic carboxylic acids is 1. The van der Waals surface area contributed by atoms with E-state index in [4.69, 9.17) is 9.52 Å². The van der Waals surface area contributed by atoms with Crippen LogP contribution in [0, 0.1) is 6.92 Å². The van der Waals surface area contributed by atoms with Crippen molar-refractivity contribution in [3.8, 4) is 0 Å². The van der Waals surface area contributed by atoms with Gasteiger partial charge in [0.2, 0.25) is 0 Å². The molecule has 0 atom stereocenters. The topological polar surface area (TPSA) is 67.5 Å². The Morgan fingerprint density at radius 3 is 2.84 bits per heavy atom. The van der Waals surface area contributed by atoms with Gasteiger partial charge in [0.15, 0.2) is 0 Å². The number of hydrogen-bond donors (Lipinski definition) is 1. The molecule has 0 aliphatic carbocycles. The molecule has 1 aromatic carbocycles. The van der Waals surface area contributed by atoms with Gasteiger partial charge < -0.3 is 0 Å². The normalized spacial score (nSPS) is 11.3. The minimum absolute atomic E-state index is 0.0916. The number of aryl methyl sites for hydroxylation is 1. The van der Waals surface area contributed by atoms with Gasteiger partial charge in [0.1, 0.15) is 0 Å². The minimum atomic E-state index is -1.27. The van der Waals surface area contributed by atoms with Crippen molar-refractivity contribution in [2.45, 2.75) is 6.92 Å². The first-order chi connectivity index (χ1) is 8.99. The van der Waals surface area contributed by atoms with Gasteiger partial charge in [-0.05, 0) is 0 Å². The Labute approximate surface area is 121 Å². The van der Waals surface area contributed by atoms with Crippen LogP contribution in [0.5, 0.6) is 0 Å². The van der Waals surface area contributed by atoms with Crippen LogP contribution < -0.4 is 5.63 Å². The summed E-state index contributed by atoms with van der Waals surface area (Å²) in [6, 6.07) is 5.08. The van der Waals surface area contributed by atoms with Gasteiger partial charge in [-0.3, -0.25) is 0 Å². The molecular weight excluding hydrogens is 379 g/mol. The first kappa shape index (κ1) is 12.7.